The van der Waals surface area contributed by atoms with Gasteiger partial charge in [-0.1, -0.05) is 32.0 Å². The van der Waals surface area contributed by atoms with Crippen molar-refractivity contribution in [3.8, 4) is 0 Å². The van der Waals surface area contributed by atoms with Gasteiger partial charge in [0.1, 0.15) is 6.04 Å². The van der Waals surface area contributed by atoms with Gasteiger partial charge in [0.05, 0.1) is 24.4 Å². The highest BCUT2D eigenvalue weighted by molar-refractivity contribution is 6.07. The molecule has 2 atom stereocenters. The Balaban J connectivity index is 0.000000232. The van der Waals surface area contributed by atoms with Crippen LogP contribution in [0.1, 0.15) is 19.5 Å². The van der Waals surface area contributed by atoms with Gasteiger partial charge in [0.15, 0.2) is 12.2 Å². The molecule has 3 aromatic rings. The molecule has 182 valence electrons. The van der Waals surface area contributed by atoms with Crippen molar-refractivity contribution < 1.29 is 34.1 Å². The number of pyridine rings is 1. The highest BCUT2D eigenvalue weighted by Gasteiger charge is 2.35. The third kappa shape index (κ3) is 5.68. The molecule has 1 fully saturated rings. The van der Waals surface area contributed by atoms with Crippen LogP contribution in [0.5, 0.6) is 0 Å². The van der Waals surface area contributed by atoms with Crippen LogP contribution in [0.15, 0.2) is 36.5 Å². The number of aromatic nitrogens is 2. The van der Waals surface area contributed by atoms with Crippen molar-refractivity contribution in [1.82, 2.24) is 9.97 Å². The minimum Gasteiger partial charge on any atom is -0.481 e. The average molecular weight is 472 g/mol. The Morgan fingerprint density at radius 1 is 1.12 bits per heavy atom. The van der Waals surface area contributed by atoms with E-state index in [1.807, 2.05) is 12.3 Å². The molecule has 0 aliphatic carbocycles. The van der Waals surface area contributed by atoms with E-state index in [0.29, 0.717) is 6.42 Å². The fourth-order valence-electron chi connectivity index (χ4n) is 3.58. The molecule has 1 aliphatic heterocycles. The first-order valence-corrected chi connectivity index (χ1v) is 10.6. The van der Waals surface area contributed by atoms with Crippen LogP contribution in [0.2, 0.25) is 0 Å². The Hall–Kier alpha value is -3.54. The summed E-state index contributed by atoms with van der Waals surface area (Å²) in [5.74, 6) is -6.38. The van der Waals surface area contributed by atoms with E-state index in [1.54, 1.807) is 0 Å². The van der Waals surface area contributed by atoms with Crippen molar-refractivity contribution in [2.45, 2.75) is 32.6 Å². The summed E-state index contributed by atoms with van der Waals surface area (Å²) < 4.78 is 11.7. The van der Waals surface area contributed by atoms with Gasteiger partial charge in [0, 0.05) is 34.3 Å². The normalized spacial score (nSPS) is 17.5. The van der Waals surface area contributed by atoms with Crippen molar-refractivity contribution in [3.63, 3.8) is 0 Å². The smallest absolute Gasteiger partial charge is 0.321 e. The number of hydrogen-bond acceptors (Lipinski definition) is 7. The number of aromatic amines is 1. The largest absolute Gasteiger partial charge is 0.481 e. The van der Waals surface area contributed by atoms with Gasteiger partial charge < -0.3 is 36.1 Å². The number of nitrogens with two attached hydrogens (primary N) is 2. The quantitative estimate of drug-likeness (QED) is 0.328. The standard InChI is InChI=1S/C18H20N2O2.C5H8N2O5/c1-18(2)10-21-16(22-11-18)9-15-17-13(7-8-19-15)12-5-3-4-6-14(12)20-17;6-2(5(11)12)1(3(7)8)4(9)10/h3-8,16,20H,9-11H2,1-2H3;1-2H,6H2,(H2,7,8)(H,9,10)(H,11,12). The highest BCUT2D eigenvalue weighted by atomic mass is 16.7. The van der Waals surface area contributed by atoms with Crippen molar-refractivity contribution in [3.05, 3.63) is 42.2 Å². The molecular formula is C23H28N4O7. The number of H-pyrrole nitrogens is 1. The van der Waals surface area contributed by atoms with Gasteiger partial charge in [-0.25, -0.2) is 0 Å². The first-order valence-electron chi connectivity index (χ1n) is 10.6. The lowest BCUT2D eigenvalue weighted by molar-refractivity contribution is -0.220. The number of carboxylic acid groups (broad SMARTS) is 2. The molecule has 11 heteroatoms. The van der Waals surface area contributed by atoms with Crippen LogP contribution < -0.4 is 11.5 Å². The zero-order valence-electron chi connectivity index (χ0n) is 18.9. The topological polar surface area (TPSA) is 191 Å². The Kier molecular flexibility index (Phi) is 7.50. The van der Waals surface area contributed by atoms with Crippen molar-refractivity contribution in [2.24, 2.45) is 22.8 Å². The second-order valence-electron chi connectivity index (χ2n) is 8.85. The van der Waals surface area contributed by atoms with Gasteiger partial charge in [0.25, 0.3) is 0 Å². The summed E-state index contributed by atoms with van der Waals surface area (Å²) in [5.41, 5.74) is 12.8. The molecule has 0 spiro atoms. The zero-order valence-corrected chi connectivity index (χ0v) is 18.9. The number of fused-ring (bicyclic) bond motifs is 3. The third-order valence-electron chi connectivity index (χ3n) is 5.40. The van der Waals surface area contributed by atoms with Gasteiger partial charge >= 0.3 is 11.9 Å². The van der Waals surface area contributed by atoms with E-state index in [-0.39, 0.29) is 11.7 Å². The summed E-state index contributed by atoms with van der Waals surface area (Å²) in [4.78, 5) is 38.8. The van der Waals surface area contributed by atoms with Crippen LogP contribution >= 0.6 is 0 Å². The predicted molar refractivity (Wildman–Crippen MR) is 123 cm³/mol. The molecule has 0 radical (unpaired) electrons. The molecule has 1 saturated heterocycles. The molecular weight excluding hydrogens is 444 g/mol. The van der Waals surface area contributed by atoms with Gasteiger partial charge in [-0.15, -0.1) is 0 Å². The lowest BCUT2D eigenvalue weighted by Crippen LogP contribution is -2.48. The van der Waals surface area contributed by atoms with Crippen LogP contribution in [-0.2, 0) is 30.3 Å². The van der Waals surface area contributed by atoms with Crippen LogP contribution in [-0.4, -0.2) is 63.6 Å². The van der Waals surface area contributed by atoms with Crippen molar-refractivity contribution in [1.29, 1.82) is 0 Å². The maximum atomic E-state index is 10.4. The number of amides is 1. The lowest BCUT2D eigenvalue weighted by Gasteiger charge is -2.34. The van der Waals surface area contributed by atoms with E-state index in [2.05, 4.69) is 53.8 Å². The molecule has 2 aromatic heterocycles. The second-order valence-corrected chi connectivity index (χ2v) is 8.85. The Morgan fingerprint density at radius 2 is 1.76 bits per heavy atom. The third-order valence-corrected chi connectivity index (χ3v) is 5.40. The number of aliphatic carboxylic acids is 2. The number of ether oxygens (including phenoxy) is 2. The first-order chi connectivity index (χ1) is 16.0. The molecule has 1 amide bonds. The van der Waals surface area contributed by atoms with E-state index in [0.717, 1.165) is 29.9 Å². The number of rotatable bonds is 6. The molecule has 2 unspecified atom stereocenters. The van der Waals surface area contributed by atoms with E-state index in [4.69, 9.17) is 25.4 Å². The van der Waals surface area contributed by atoms with Gasteiger partial charge in [0.2, 0.25) is 5.91 Å². The second kappa shape index (κ2) is 10.2. The van der Waals surface area contributed by atoms with Crippen LogP contribution in [0, 0.1) is 11.3 Å². The molecule has 1 aromatic carbocycles. The maximum absolute atomic E-state index is 10.4. The molecule has 7 N–H and O–H groups in total. The van der Waals surface area contributed by atoms with Crippen molar-refractivity contribution >= 4 is 39.7 Å². The Labute approximate surface area is 195 Å². The van der Waals surface area contributed by atoms with Gasteiger partial charge in [-0.2, -0.15) is 0 Å². The molecule has 4 rings (SSSR count). The summed E-state index contributed by atoms with van der Waals surface area (Å²) in [6.07, 6.45) is 2.32. The Bertz CT molecular complexity index is 1180. The molecule has 3 heterocycles. The van der Waals surface area contributed by atoms with Crippen LogP contribution in [0.25, 0.3) is 21.8 Å². The number of carboxylic acids is 2. The number of carbonyl (C=O) groups is 3. The highest BCUT2D eigenvalue weighted by Crippen LogP contribution is 2.29. The molecule has 1 aliphatic rings. The number of nitrogens with one attached hydrogen (secondary N) is 1. The van der Waals surface area contributed by atoms with E-state index in [9.17, 15) is 14.4 Å². The average Bonchev–Trinajstić information content (AvgIpc) is 3.15. The zero-order chi connectivity index (χ0) is 25.0. The van der Waals surface area contributed by atoms with Crippen LogP contribution in [0.4, 0.5) is 0 Å². The number of primary amides is 1. The monoisotopic (exact) mass is 472 g/mol. The van der Waals surface area contributed by atoms with E-state index < -0.39 is 29.8 Å². The summed E-state index contributed by atoms with van der Waals surface area (Å²) in [6.45, 7) is 5.75. The Morgan fingerprint density at radius 3 is 2.32 bits per heavy atom. The summed E-state index contributed by atoms with van der Waals surface area (Å²) in [6, 6.07) is 8.58. The molecule has 0 saturated carbocycles. The van der Waals surface area contributed by atoms with E-state index in [1.165, 1.54) is 10.8 Å². The number of benzene rings is 1. The lowest BCUT2D eigenvalue weighted by atomic mass is 9.95. The van der Waals surface area contributed by atoms with Gasteiger partial charge in [-0.3, -0.25) is 19.4 Å². The van der Waals surface area contributed by atoms with Gasteiger partial charge in [-0.05, 0) is 12.1 Å². The number of hydrogen-bond donors (Lipinski definition) is 5. The molecule has 11 nitrogen and oxygen atoms in total. The minimum atomic E-state index is -1.89. The fraction of sp³-hybridized carbons (Fsp3) is 0.391. The summed E-state index contributed by atoms with van der Waals surface area (Å²) in [7, 11) is 0. The molecule has 0 bridgehead atoms. The first kappa shape index (κ1) is 25.1. The van der Waals surface area contributed by atoms with Crippen LogP contribution in [0.3, 0.4) is 0 Å². The predicted octanol–water partition coefficient (Wildman–Crippen LogP) is 1.24. The number of carbonyl (C=O) groups excluding carboxylic acids is 1. The van der Waals surface area contributed by atoms with E-state index >= 15 is 0 Å². The SMILES string of the molecule is CC1(C)COC(Cc2nccc3c2[nH]c2ccccc23)OC1.NC(=O)C(C(=O)O)C(N)C(=O)O. The minimum absolute atomic E-state index is 0.0943. The fourth-order valence-corrected chi connectivity index (χ4v) is 3.58. The molecule has 34 heavy (non-hydrogen) atoms. The van der Waals surface area contributed by atoms with Crippen molar-refractivity contribution in [2.75, 3.05) is 13.2 Å². The summed E-state index contributed by atoms with van der Waals surface area (Å²) in [5, 5.41) is 19.0. The number of para-hydroxylation sites is 1. The summed E-state index contributed by atoms with van der Waals surface area (Å²) >= 11 is 0. The number of nitrogens with zero attached hydrogens (tertiary/aromatic N) is 1. The maximum Gasteiger partial charge on any atom is 0.321 e.